The number of rotatable bonds is 7. The number of likely N-dealkylation sites (N-methyl/N-ethyl adjacent to an activating group) is 1. The van der Waals surface area contributed by atoms with E-state index < -0.39 is 18.6 Å². The van der Waals surface area contributed by atoms with Crippen LogP contribution in [-0.4, -0.2) is 55.4 Å². The van der Waals surface area contributed by atoms with Gasteiger partial charge in [0.15, 0.2) is 6.61 Å². The molecule has 0 unspecified atom stereocenters. The molecular weight excluding hydrogens is 204 g/mol. The van der Waals surface area contributed by atoms with Crippen molar-refractivity contribution in [3.05, 3.63) is 0 Å². The number of nitrogens with zero attached hydrogens (tertiary/aromatic N) is 1. The van der Waals surface area contributed by atoms with E-state index >= 15 is 0 Å². The van der Waals surface area contributed by atoms with Gasteiger partial charge < -0.3 is 14.7 Å². The number of nitrogens with one attached hydrogen (secondary N) is 1. The van der Waals surface area contributed by atoms with Crippen molar-refractivity contribution in [3.63, 3.8) is 0 Å². The minimum atomic E-state index is -1.15. The minimum Gasteiger partial charge on any atom is -0.479 e. The van der Waals surface area contributed by atoms with Gasteiger partial charge in [0.25, 0.3) is 0 Å². The molecule has 2 amide bonds. The van der Waals surface area contributed by atoms with E-state index in [1.165, 1.54) is 4.90 Å². The van der Waals surface area contributed by atoms with E-state index in [9.17, 15) is 9.59 Å². The third-order valence-electron chi connectivity index (χ3n) is 1.48. The number of carboxylic acid groups (broad SMARTS) is 1. The molecule has 15 heavy (non-hydrogen) atoms. The van der Waals surface area contributed by atoms with Crippen molar-refractivity contribution in [2.75, 3.05) is 33.4 Å². The smallest absolute Gasteiger partial charge is 0.341 e. The lowest BCUT2D eigenvalue weighted by Gasteiger charge is -2.16. The number of carbonyl (C=O) groups excluding carboxylic acids is 1. The summed E-state index contributed by atoms with van der Waals surface area (Å²) in [4.78, 5) is 26.9. The lowest BCUT2D eigenvalue weighted by molar-refractivity contribution is -0.144. The summed E-state index contributed by atoms with van der Waals surface area (Å²) in [6.45, 7) is 2.72. The van der Waals surface area contributed by atoms with E-state index in [-0.39, 0.29) is 0 Å². The molecule has 88 valence electrons. The highest BCUT2D eigenvalue weighted by Crippen LogP contribution is 1.85. The monoisotopic (exact) mass is 220 g/mol. The summed E-state index contributed by atoms with van der Waals surface area (Å²) < 4.78 is 5.04. The predicted molar refractivity (Wildman–Crippen MR) is 51.2 cm³/mol. The maximum atomic E-state index is 11.2. The maximum absolute atomic E-state index is 11.2. The Morgan fingerprint density at radius 3 is 2.67 bits per heavy atom. The zero-order valence-electron chi connectivity index (χ0n) is 8.86. The maximum Gasteiger partial charge on any atom is 0.341 e. The van der Waals surface area contributed by atoms with Crippen LogP contribution < -0.4 is 5.48 Å². The van der Waals surface area contributed by atoms with Crippen molar-refractivity contribution in [2.24, 2.45) is 0 Å². The molecule has 0 aliphatic heterocycles. The molecule has 0 rings (SSSR count). The SMILES string of the molecule is CCOCCN(C)C(=O)NOCC(=O)O. The highest BCUT2D eigenvalue weighted by Gasteiger charge is 2.08. The molecule has 0 aliphatic carbocycles. The lowest BCUT2D eigenvalue weighted by atomic mass is 10.6. The molecule has 0 aromatic heterocycles. The molecule has 0 aromatic carbocycles. The van der Waals surface area contributed by atoms with Crippen LogP contribution in [0.3, 0.4) is 0 Å². The van der Waals surface area contributed by atoms with Gasteiger partial charge in [-0.05, 0) is 6.92 Å². The summed E-state index contributed by atoms with van der Waals surface area (Å²) in [5.74, 6) is -1.15. The Morgan fingerprint density at radius 1 is 1.47 bits per heavy atom. The molecule has 0 fully saturated rings. The Kier molecular flexibility index (Phi) is 7.29. The number of carboxylic acids is 1. The third-order valence-corrected chi connectivity index (χ3v) is 1.48. The predicted octanol–water partition coefficient (Wildman–Crippen LogP) is -0.319. The van der Waals surface area contributed by atoms with Gasteiger partial charge in [-0.3, -0.25) is 4.84 Å². The molecule has 0 heterocycles. The van der Waals surface area contributed by atoms with Gasteiger partial charge in [0, 0.05) is 20.2 Å². The number of ether oxygens (including phenoxy) is 1. The van der Waals surface area contributed by atoms with Crippen molar-refractivity contribution in [3.8, 4) is 0 Å². The second-order valence-corrected chi connectivity index (χ2v) is 2.71. The van der Waals surface area contributed by atoms with Crippen LogP contribution in [0.15, 0.2) is 0 Å². The van der Waals surface area contributed by atoms with Crippen LogP contribution in [0.2, 0.25) is 0 Å². The Hall–Kier alpha value is -1.34. The molecule has 0 saturated carbocycles. The highest BCUT2D eigenvalue weighted by atomic mass is 16.7. The largest absolute Gasteiger partial charge is 0.479 e. The lowest BCUT2D eigenvalue weighted by Crippen LogP contribution is -2.39. The fourth-order valence-corrected chi connectivity index (χ4v) is 0.685. The van der Waals surface area contributed by atoms with Gasteiger partial charge in [0.1, 0.15) is 0 Å². The molecule has 0 aliphatic rings. The van der Waals surface area contributed by atoms with Crippen LogP contribution >= 0.6 is 0 Å². The zero-order valence-corrected chi connectivity index (χ0v) is 8.86. The van der Waals surface area contributed by atoms with Gasteiger partial charge >= 0.3 is 12.0 Å². The fourth-order valence-electron chi connectivity index (χ4n) is 0.685. The Morgan fingerprint density at radius 2 is 2.13 bits per heavy atom. The van der Waals surface area contributed by atoms with Crippen molar-refractivity contribution >= 4 is 12.0 Å². The van der Waals surface area contributed by atoms with Gasteiger partial charge in [0.2, 0.25) is 0 Å². The van der Waals surface area contributed by atoms with Gasteiger partial charge in [-0.1, -0.05) is 0 Å². The van der Waals surface area contributed by atoms with E-state index in [0.717, 1.165) is 0 Å². The molecule has 0 bridgehead atoms. The van der Waals surface area contributed by atoms with Crippen LogP contribution in [0, 0.1) is 0 Å². The molecular formula is C8H16N2O5. The van der Waals surface area contributed by atoms with E-state index in [1.807, 2.05) is 12.4 Å². The standard InChI is InChI=1S/C8H16N2O5/c1-3-14-5-4-10(2)8(13)9-15-6-7(11)12/h3-6H2,1-2H3,(H,9,13)(H,11,12). The van der Waals surface area contributed by atoms with Gasteiger partial charge in [0.05, 0.1) is 6.61 Å². The summed E-state index contributed by atoms with van der Waals surface area (Å²) in [5, 5.41) is 8.23. The van der Waals surface area contributed by atoms with Crippen molar-refractivity contribution in [1.82, 2.24) is 10.4 Å². The third kappa shape index (κ3) is 7.71. The average Bonchev–Trinajstić information content (AvgIpc) is 2.17. The van der Waals surface area contributed by atoms with E-state index in [2.05, 4.69) is 4.84 Å². The van der Waals surface area contributed by atoms with Crippen molar-refractivity contribution < 1.29 is 24.3 Å². The summed E-state index contributed by atoms with van der Waals surface area (Å²) in [6, 6.07) is -0.504. The Labute approximate surface area is 87.9 Å². The quantitative estimate of drug-likeness (QED) is 0.453. The summed E-state index contributed by atoms with van der Waals surface area (Å²) in [6.07, 6.45) is 0. The highest BCUT2D eigenvalue weighted by molar-refractivity contribution is 5.73. The molecule has 0 radical (unpaired) electrons. The number of hydroxylamine groups is 1. The summed E-state index contributed by atoms with van der Waals surface area (Å²) >= 11 is 0. The van der Waals surface area contributed by atoms with E-state index in [4.69, 9.17) is 9.84 Å². The first-order valence-electron chi connectivity index (χ1n) is 4.50. The number of urea groups is 1. The van der Waals surface area contributed by atoms with Crippen LogP contribution in [-0.2, 0) is 14.4 Å². The molecule has 7 nitrogen and oxygen atoms in total. The molecule has 0 saturated heterocycles. The van der Waals surface area contributed by atoms with Crippen LogP contribution in [0.25, 0.3) is 0 Å². The molecule has 0 atom stereocenters. The first-order chi connectivity index (χ1) is 7.07. The summed E-state index contributed by atoms with van der Waals surface area (Å²) in [7, 11) is 1.55. The first kappa shape index (κ1) is 13.7. The minimum absolute atomic E-state index is 0.413. The second-order valence-electron chi connectivity index (χ2n) is 2.71. The van der Waals surface area contributed by atoms with Crippen LogP contribution in [0.1, 0.15) is 6.92 Å². The number of hydrogen-bond donors (Lipinski definition) is 2. The topological polar surface area (TPSA) is 88.1 Å². The molecule has 0 spiro atoms. The Bertz CT molecular complexity index is 209. The van der Waals surface area contributed by atoms with E-state index in [1.54, 1.807) is 7.05 Å². The second kappa shape index (κ2) is 8.01. The first-order valence-corrected chi connectivity index (χ1v) is 4.50. The number of aliphatic carboxylic acids is 1. The zero-order chi connectivity index (χ0) is 11.7. The average molecular weight is 220 g/mol. The number of carbonyl (C=O) groups is 2. The van der Waals surface area contributed by atoms with Crippen molar-refractivity contribution in [2.45, 2.75) is 6.92 Å². The van der Waals surface area contributed by atoms with Crippen molar-refractivity contribution in [1.29, 1.82) is 0 Å². The molecule has 0 aromatic rings. The van der Waals surface area contributed by atoms with Gasteiger partial charge in [-0.15, -0.1) is 0 Å². The molecule has 7 heteroatoms. The fraction of sp³-hybridized carbons (Fsp3) is 0.750. The molecule has 2 N–H and O–H groups in total. The van der Waals surface area contributed by atoms with Crippen LogP contribution in [0.4, 0.5) is 4.79 Å². The van der Waals surface area contributed by atoms with Crippen LogP contribution in [0.5, 0.6) is 0 Å². The van der Waals surface area contributed by atoms with Gasteiger partial charge in [-0.2, -0.15) is 0 Å². The van der Waals surface area contributed by atoms with E-state index in [0.29, 0.717) is 19.8 Å². The normalized spacial score (nSPS) is 9.73. The Balaban J connectivity index is 3.55. The van der Waals surface area contributed by atoms with Gasteiger partial charge in [-0.25, -0.2) is 15.1 Å². The number of amides is 2. The number of hydrogen-bond acceptors (Lipinski definition) is 4. The summed E-state index contributed by atoms with van der Waals surface area (Å²) in [5.41, 5.74) is 1.99.